The zero-order valence-electron chi connectivity index (χ0n) is 12.3. The lowest BCUT2D eigenvalue weighted by Crippen LogP contribution is -2.44. The van der Waals surface area contributed by atoms with Crippen molar-refractivity contribution in [2.45, 2.75) is 45.8 Å². The molecule has 0 radical (unpaired) electrons. The predicted molar refractivity (Wildman–Crippen MR) is 76.3 cm³/mol. The van der Waals surface area contributed by atoms with Gasteiger partial charge in [-0.05, 0) is 39.8 Å². The van der Waals surface area contributed by atoms with Crippen molar-refractivity contribution in [2.24, 2.45) is 0 Å². The summed E-state index contributed by atoms with van der Waals surface area (Å²) in [6.07, 6.45) is 0. The van der Waals surface area contributed by atoms with Gasteiger partial charge in [0.25, 0.3) is 0 Å². The molecule has 1 fully saturated rings. The summed E-state index contributed by atoms with van der Waals surface area (Å²) in [6, 6.07) is 4.46. The van der Waals surface area contributed by atoms with Gasteiger partial charge in [0, 0.05) is 18.6 Å². The molecule has 0 saturated carbocycles. The fraction of sp³-hybridized carbons (Fsp3) is 0.714. The third-order valence-corrected chi connectivity index (χ3v) is 3.17. The van der Waals surface area contributed by atoms with Crippen LogP contribution in [0.15, 0.2) is 12.1 Å². The molecule has 1 aliphatic rings. The zero-order valence-corrected chi connectivity index (χ0v) is 12.3. The third kappa shape index (κ3) is 4.14. The molecule has 2 heterocycles. The first-order valence-electron chi connectivity index (χ1n) is 6.88. The quantitative estimate of drug-likeness (QED) is 0.898. The average Bonchev–Trinajstić information content (AvgIpc) is 2.37. The van der Waals surface area contributed by atoms with Crippen LogP contribution in [-0.4, -0.2) is 41.5 Å². The smallest absolute Gasteiger partial charge is 0.151 e. The molecule has 1 aliphatic heterocycles. The van der Waals surface area contributed by atoms with Crippen LogP contribution in [0.3, 0.4) is 0 Å². The van der Waals surface area contributed by atoms with Crippen LogP contribution in [0.1, 0.15) is 33.4 Å². The molecule has 0 bridgehead atoms. The lowest BCUT2D eigenvalue weighted by molar-refractivity contribution is 0.0984. The normalized spacial score (nSPS) is 20.6. The van der Waals surface area contributed by atoms with E-state index in [1.807, 2.05) is 6.07 Å². The molecule has 1 atom stereocenters. The summed E-state index contributed by atoms with van der Waals surface area (Å²) in [5, 5.41) is 12.0. The van der Waals surface area contributed by atoms with Gasteiger partial charge in [0.05, 0.1) is 24.9 Å². The number of ether oxygens (including phenoxy) is 1. The van der Waals surface area contributed by atoms with Crippen molar-refractivity contribution in [3.63, 3.8) is 0 Å². The van der Waals surface area contributed by atoms with E-state index in [4.69, 9.17) is 4.74 Å². The molecular formula is C14H24N4O. The maximum atomic E-state index is 5.43. The van der Waals surface area contributed by atoms with Crippen molar-refractivity contribution in [1.29, 1.82) is 0 Å². The molecule has 2 rings (SSSR count). The van der Waals surface area contributed by atoms with Crippen LogP contribution in [0.5, 0.6) is 0 Å². The third-order valence-electron chi connectivity index (χ3n) is 3.17. The minimum absolute atomic E-state index is 0.0963. The van der Waals surface area contributed by atoms with Gasteiger partial charge in [-0.2, -0.15) is 5.10 Å². The van der Waals surface area contributed by atoms with E-state index in [1.165, 1.54) is 0 Å². The highest BCUT2D eigenvalue weighted by Crippen LogP contribution is 2.16. The van der Waals surface area contributed by atoms with Gasteiger partial charge in [-0.3, -0.25) is 0 Å². The van der Waals surface area contributed by atoms with Crippen LogP contribution in [0.4, 0.5) is 5.82 Å². The number of aromatic nitrogens is 2. The second-order valence-electron chi connectivity index (χ2n) is 6.10. The summed E-state index contributed by atoms with van der Waals surface area (Å²) in [6.45, 7) is 11.7. The monoisotopic (exact) mass is 264 g/mol. The molecule has 106 valence electrons. The van der Waals surface area contributed by atoms with Crippen LogP contribution in [-0.2, 0) is 11.3 Å². The van der Waals surface area contributed by atoms with Gasteiger partial charge < -0.3 is 15.0 Å². The van der Waals surface area contributed by atoms with Gasteiger partial charge in [-0.15, -0.1) is 5.10 Å². The maximum absolute atomic E-state index is 5.43. The van der Waals surface area contributed by atoms with Crippen molar-refractivity contribution >= 4 is 5.82 Å². The van der Waals surface area contributed by atoms with E-state index < -0.39 is 0 Å². The van der Waals surface area contributed by atoms with E-state index in [1.54, 1.807) is 0 Å². The van der Waals surface area contributed by atoms with E-state index in [0.717, 1.165) is 37.8 Å². The summed E-state index contributed by atoms with van der Waals surface area (Å²) >= 11 is 0. The number of nitrogens with one attached hydrogen (secondary N) is 1. The fourth-order valence-corrected chi connectivity index (χ4v) is 2.02. The van der Waals surface area contributed by atoms with Gasteiger partial charge >= 0.3 is 0 Å². The minimum Gasteiger partial charge on any atom is -0.377 e. The highest BCUT2D eigenvalue weighted by molar-refractivity contribution is 5.39. The number of morpholine rings is 1. The lowest BCUT2D eigenvalue weighted by Gasteiger charge is -2.33. The molecule has 5 nitrogen and oxygen atoms in total. The molecule has 0 aromatic carbocycles. The van der Waals surface area contributed by atoms with Gasteiger partial charge in [-0.1, -0.05) is 0 Å². The molecule has 1 unspecified atom stereocenters. The topological polar surface area (TPSA) is 50.3 Å². The van der Waals surface area contributed by atoms with Gasteiger partial charge in [0.2, 0.25) is 0 Å². The van der Waals surface area contributed by atoms with Crippen molar-refractivity contribution in [2.75, 3.05) is 24.7 Å². The Kier molecular flexibility index (Phi) is 4.37. The Labute approximate surface area is 115 Å². The van der Waals surface area contributed by atoms with Crippen LogP contribution in [0, 0.1) is 0 Å². The molecule has 0 spiro atoms. The van der Waals surface area contributed by atoms with Crippen molar-refractivity contribution in [3.05, 3.63) is 17.8 Å². The number of rotatable bonds is 3. The summed E-state index contributed by atoms with van der Waals surface area (Å²) in [5.41, 5.74) is 1.07. The van der Waals surface area contributed by atoms with Crippen molar-refractivity contribution in [1.82, 2.24) is 15.5 Å². The number of anilines is 1. The summed E-state index contributed by atoms with van der Waals surface area (Å²) in [7, 11) is 0. The summed E-state index contributed by atoms with van der Waals surface area (Å²) in [4.78, 5) is 2.25. The van der Waals surface area contributed by atoms with Crippen LogP contribution in [0.25, 0.3) is 0 Å². The van der Waals surface area contributed by atoms with Crippen LogP contribution < -0.4 is 10.2 Å². The fourth-order valence-electron chi connectivity index (χ4n) is 2.02. The second-order valence-corrected chi connectivity index (χ2v) is 6.10. The molecular weight excluding hydrogens is 240 g/mol. The van der Waals surface area contributed by atoms with Crippen molar-refractivity contribution in [3.8, 4) is 0 Å². The van der Waals surface area contributed by atoms with Crippen molar-refractivity contribution < 1.29 is 4.74 Å². The number of hydrogen-bond donors (Lipinski definition) is 1. The highest BCUT2D eigenvalue weighted by atomic mass is 16.5. The van der Waals surface area contributed by atoms with E-state index in [0.29, 0.717) is 6.04 Å². The predicted octanol–water partition coefficient (Wildman–Crippen LogP) is 1.59. The molecule has 1 aromatic heterocycles. The summed E-state index contributed by atoms with van der Waals surface area (Å²) < 4.78 is 5.43. The molecule has 0 amide bonds. The highest BCUT2D eigenvalue weighted by Gasteiger charge is 2.20. The molecule has 0 aliphatic carbocycles. The van der Waals surface area contributed by atoms with Gasteiger partial charge in [0.1, 0.15) is 0 Å². The van der Waals surface area contributed by atoms with E-state index in [-0.39, 0.29) is 5.54 Å². The SMILES string of the molecule is CC1COCCN1c1ccc(CNC(C)(C)C)nn1. The van der Waals surface area contributed by atoms with Crippen LogP contribution >= 0.6 is 0 Å². The first kappa shape index (κ1) is 14.2. The minimum atomic E-state index is 0.0963. The Morgan fingerprint density at radius 2 is 2.16 bits per heavy atom. The van der Waals surface area contributed by atoms with E-state index >= 15 is 0 Å². The second kappa shape index (κ2) is 5.84. The molecule has 1 N–H and O–H groups in total. The first-order chi connectivity index (χ1) is 8.96. The summed E-state index contributed by atoms with van der Waals surface area (Å²) in [5.74, 6) is 0.940. The first-order valence-corrected chi connectivity index (χ1v) is 6.88. The largest absolute Gasteiger partial charge is 0.377 e. The Balaban J connectivity index is 1.98. The Bertz CT molecular complexity index is 399. The van der Waals surface area contributed by atoms with Gasteiger partial charge in [0.15, 0.2) is 5.82 Å². The maximum Gasteiger partial charge on any atom is 0.151 e. The number of hydrogen-bond acceptors (Lipinski definition) is 5. The Morgan fingerprint density at radius 3 is 2.74 bits per heavy atom. The standard InChI is InChI=1S/C14H24N4O/c1-11-10-19-8-7-18(11)13-6-5-12(16-17-13)9-15-14(2,3)4/h5-6,11,15H,7-10H2,1-4H3. The molecule has 19 heavy (non-hydrogen) atoms. The van der Waals surface area contributed by atoms with E-state index in [9.17, 15) is 0 Å². The molecule has 1 aromatic rings. The Hall–Kier alpha value is -1.20. The molecule has 1 saturated heterocycles. The van der Waals surface area contributed by atoms with Gasteiger partial charge in [-0.25, -0.2) is 0 Å². The zero-order chi connectivity index (χ0) is 13.9. The average molecular weight is 264 g/mol. The number of nitrogens with zero attached hydrogens (tertiary/aromatic N) is 3. The van der Waals surface area contributed by atoms with Crippen LogP contribution in [0.2, 0.25) is 0 Å². The molecule has 5 heteroatoms. The lowest BCUT2D eigenvalue weighted by atomic mass is 10.1. The van der Waals surface area contributed by atoms with E-state index in [2.05, 4.69) is 54.2 Å². The Morgan fingerprint density at radius 1 is 1.37 bits per heavy atom.